The van der Waals surface area contributed by atoms with Crippen LogP contribution < -0.4 is 5.32 Å². The summed E-state index contributed by atoms with van der Waals surface area (Å²) in [6.45, 7) is 4.43. The molecule has 2 N–H and O–H groups in total. The number of hydrogen-bond donors (Lipinski definition) is 2. The second-order valence-electron chi connectivity index (χ2n) is 4.75. The Hall–Kier alpha value is -0.910. The molecule has 2 heterocycles. The zero-order chi connectivity index (χ0) is 13.1. The highest BCUT2D eigenvalue weighted by molar-refractivity contribution is 7.27. The largest absolute Gasteiger partial charge is 0.391 e. The molecular formula is C13H17NO2S2. The Kier molecular flexibility index (Phi) is 4.37. The molecule has 0 aliphatic heterocycles. The van der Waals surface area contributed by atoms with E-state index in [0.29, 0.717) is 23.8 Å². The van der Waals surface area contributed by atoms with Crippen molar-refractivity contribution in [2.45, 2.75) is 26.4 Å². The van der Waals surface area contributed by atoms with Gasteiger partial charge >= 0.3 is 0 Å². The van der Waals surface area contributed by atoms with E-state index in [1.165, 1.54) is 11.3 Å². The number of carbonyl (C=O) groups is 1. The van der Waals surface area contributed by atoms with Crippen LogP contribution in [-0.2, 0) is 0 Å². The maximum Gasteiger partial charge on any atom is 0.261 e. The Labute approximate surface area is 114 Å². The van der Waals surface area contributed by atoms with Crippen molar-refractivity contribution in [3.8, 4) is 0 Å². The minimum absolute atomic E-state index is 0.0915. The lowest BCUT2D eigenvalue weighted by Crippen LogP contribution is -2.32. The van der Waals surface area contributed by atoms with Gasteiger partial charge in [-0.05, 0) is 29.9 Å². The second kappa shape index (κ2) is 5.82. The maximum absolute atomic E-state index is 11.9. The number of hydrogen-bond acceptors (Lipinski definition) is 4. The highest BCUT2D eigenvalue weighted by Gasteiger charge is 2.13. The summed E-state index contributed by atoms with van der Waals surface area (Å²) in [6.07, 6.45) is 0.245. The fourth-order valence-corrected chi connectivity index (χ4v) is 3.83. The van der Waals surface area contributed by atoms with Gasteiger partial charge in [0.15, 0.2) is 0 Å². The molecule has 1 atom stereocenters. The van der Waals surface area contributed by atoms with Gasteiger partial charge in [0, 0.05) is 15.9 Å². The van der Waals surface area contributed by atoms with E-state index in [2.05, 4.69) is 19.2 Å². The Bertz CT molecular complexity index is 501. The summed E-state index contributed by atoms with van der Waals surface area (Å²) in [5.74, 6) is 0.343. The van der Waals surface area contributed by atoms with Crippen LogP contribution in [-0.4, -0.2) is 23.7 Å². The number of fused-ring (bicyclic) bond motifs is 1. The van der Waals surface area contributed by atoms with E-state index in [1.807, 2.05) is 17.5 Å². The van der Waals surface area contributed by atoms with Crippen molar-refractivity contribution in [3.63, 3.8) is 0 Å². The molecule has 5 heteroatoms. The van der Waals surface area contributed by atoms with Gasteiger partial charge < -0.3 is 10.4 Å². The predicted molar refractivity (Wildman–Crippen MR) is 77.5 cm³/mol. The topological polar surface area (TPSA) is 49.3 Å². The molecule has 2 aromatic heterocycles. The van der Waals surface area contributed by atoms with Crippen molar-refractivity contribution in [2.75, 3.05) is 6.54 Å². The van der Waals surface area contributed by atoms with Crippen LogP contribution >= 0.6 is 22.7 Å². The maximum atomic E-state index is 11.9. The lowest BCUT2D eigenvalue weighted by molar-refractivity contribution is 0.0904. The van der Waals surface area contributed by atoms with Crippen molar-refractivity contribution in [2.24, 2.45) is 5.92 Å². The number of thiophene rings is 2. The van der Waals surface area contributed by atoms with Gasteiger partial charge in [-0.2, -0.15) is 0 Å². The fourth-order valence-electron chi connectivity index (χ4n) is 1.80. The lowest BCUT2D eigenvalue weighted by atomic mass is 10.1. The summed E-state index contributed by atoms with van der Waals surface area (Å²) in [6, 6.07) is 3.93. The third-order valence-corrected chi connectivity index (χ3v) is 4.70. The molecule has 0 aliphatic rings. The van der Waals surface area contributed by atoms with Crippen molar-refractivity contribution in [1.29, 1.82) is 0 Å². The number of nitrogens with one attached hydrogen (secondary N) is 1. The van der Waals surface area contributed by atoms with E-state index in [4.69, 9.17) is 0 Å². The molecule has 1 amide bonds. The summed E-state index contributed by atoms with van der Waals surface area (Å²) in [5.41, 5.74) is 0. The Morgan fingerprint density at radius 2 is 2.22 bits per heavy atom. The summed E-state index contributed by atoms with van der Waals surface area (Å²) < 4.78 is 2.29. The Morgan fingerprint density at radius 1 is 1.44 bits per heavy atom. The zero-order valence-electron chi connectivity index (χ0n) is 10.5. The van der Waals surface area contributed by atoms with Crippen LogP contribution in [0.15, 0.2) is 17.5 Å². The van der Waals surface area contributed by atoms with Crippen molar-refractivity contribution < 1.29 is 9.90 Å². The molecule has 98 valence electrons. The number of carbonyl (C=O) groups excluding carboxylic acids is 1. The van der Waals surface area contributed by atoms with E-state index < -0.39 is 6.10 Å². The van der Waals surface area contributed by atoms with E-state index in [0.717, 1.165) is 9.40 Å². The summed E-state index contributed by atoms with van der Waals surface area (Å²) in [4.78, 5) is 12.6. The molecular weight excluding hydrogens is 266 g/mol. The molecule has 0 saturated carbocycles. The molecule has 0 spiro atoms. The van der Waals surface area contributed by atoms with Gasteiger partial charge in [-0.3, -0.25) is 4.79 Å². The number of aliphatic hydroxyl groups excluding tert-OH is 1. The molecule has 2 aromatic rings. The second-order valence-corrected chi connectivity index (χ2v) is 6.78. The van der Waals surface area contributed by atoms with Crippen LogP contribution in [0.2, 0.25) is 0 Å². The summed E-state index contributed by atoms with van der Waals surface area (Å²) in [5, 5.41) is 14.5. The monoisotopic (exact) mass is 283 g/mol. The van der Waals surface area contributed by atoms with Gasteiger partial charge in [0.2, 0.25) is 0 Å². The normalized spacial score (nSPS) is 13.1. The first kappa shape index (κ1) is 13.5. The molecule has 0 fully saturated rings. The molecule has 0 aromatic carbocycles. The van der Waals surface area contributed by atoms with Gasteiger partial charge in [-0.15, -0.1) is 22.7 Å². The van der Waals surface area contributed by atoms with Gasteiger partial charge in [-0.1, -0.05) is 13.8 Å². The van der Waals surface area contributed by atoms with Gasteiger partial charge in [0.05, 0.1) is 11.0 Å². The van der Waals surface area contributed by atoms with Crippen LogP contribution in [0.3, 0.4) is 0 Å². The smallest absolute Gasteiger partial charge is 0.261 e. The highest BCUT2D eigenvalue weighted by atomic mass is 32.1. The fraction of sp³-hybridized carbons (Fsp3) is 0.462. The first-order chi connectivity index (χ1) is 8.56. The standard InChI is InChI=1S/C13H17NO2S2/c1-8(2)5-9(15)7-14-13(16)12-6-11-10(18-12)3-4-17-11/h3-4,6,8-9,15H,5,7H2,1-2H3,(H,14,16). The molecule has 0 saturated heterocycles. The lowest BCUT2D eigenvalue weighted by Gasteiger charge is -2.13. The van der Waals surface area contributed by atoms with E-state index in [-0.39, 0.29) is 5.91 Å². The number of aliphatic hydroxyl groups is 1. The third-order valence-electron chi connectivity index (χ3n) is 2.60. The van der Waals surface area contributed by atoms with Gasteiger partial charge in [-0.25, -0.2) is 0 Å². The zero-order valence-corrected chi connectivity index (χ0v) is 12.1. The average molecular weight is 283 g/mol. The van der Waals surface area contributed by atoms with Crippen LogP contribution in [0.4, 0.5) is 0 Å². The van der Waals surface area contributed by atoms with E-state index >= 15 is 0 Å². The first-order valence-corrected chi connectivity index (χ1v) is 7.69. The summed E-state index contributed by atoms with van der Waals surface area (Å²) in [7, 11) is 0. The average Bonchev–Trinajstić information content (AvgIpc) is 2.84. The quantitative estimate of drug-likeness (QED) is 0.886. The molecule has 0 bridgehead atoms. The highest BCUT2D eigenvalue weighted by Crippen LogP contribution is 2.29. The summed E-state index contributed by atoms with van der Waals surface area (Å²) >= 11 is 3.13. The Balaban J connectivity index is 1.90. The van der Waals surface area contributed by atoms with Crippen molar-refractivity contribution >= 4 is 38.0 Å². The van der Waals surface area contributed by atoms with Crippen LogP contribution in [0.1, 0.15) is 29.9 Å². The minimum atomic E-state index is -0.463. The van der Waals surface area contributed by atoms with Crippen molar-refractivity contribution in [3.05, 3.63) is 22.4 Å². The molecule has 0 radical (unpaired) electrons. The third kappa shape index (κ3) is 3.31. The van der Waals surface area contributed by atoms with E-state index in [9.17, 15) is 9.90 Å². The first-order valence-electron chi connectivity index (χ1n) is 5.99. The molecule has 1 unspecified atom stereocenters. The minimum Gasteiger partial charge on any atom is -0.391 e. The SMILES string of the molecule is CC(C)CC(O)CNC(=O)c1cc2sccc2s1. The van der Waals surface area contributed by atoms with Gasteiger partial charge in [0.1, 0.15) is 0 Å². The van der Waals surface area contributed by atoms with Crippen LogP contribution in [0.25, 0.3) is 9.40 Å². The number of amides is 1. The number of rotatable bonds is 5. The van der Waals surface area contributed by atoms with Gasteiger partial charge in [0.25, 0.3) is 5.91 Å². The molecule has 3 nitrogen and oxygen atoms in total. The van der Waals surface area contributed by atoms with E-state index in [1.54, 1.807) is 11.3 Å². The van der Waals surface area contributed by atoms with Crippen molar-refractivity contribution in [1.82, 2.24) is 5.32 Å². The van der Waals surface area contributed by atoms with Crippen LogP contribution in [0, 0.1) is 5.92 Å². The predicted octanol–water partition coefficient (Wildman–Crippen LogP) is 3.10. The molecule has 0 aliphatic carbocycles. The molecule has 18 heavy (non-hydrogen) atoms. The molecule has 2 rings (SSSR count). The Morgan fingerprint density at radius 3 is 2.89 bits per heavy atom. The van der Waals surface area contributed by atoms with Crippen LogP contribution in [0.5, 0.6) is 0 Å².